The van der Waals surface area contributed by atoms with Crippen molar-refractivity contribution < 1.29 is 29.0 Å². The van der Waals surface area contributed by atoms with Crippen molar-refractivity contribution in [2.24, 2.45) is 5.92 Å². The lowest BCUT2D eigenvalue weighted by molar-refractivity contribution is -0.141. The van der Waals surface area contributed by atoms with Crippen LogP contribution in [0.25, 0.3) is 0 Å². The maximum absolute atomic E-state index is 14.1. The molecule has 1 aliphatic carbocycles. The Morgan fingerprint density at radius 1 is 1.03 bits per heavy atom. The maximum atomic E-state index is 14.1. The van der Waals surface area contributed by atoms with Gasteiger partial charge in [-0.15, -0.1) is 0 Å². The third-order valence-corrected chi connectivity index (χ3v) is 5.98. The maximum Gasteiger partial charge on any atom is 0.408 e. The summed E-state index contributed by atoms with van der Waals surface area (Å²) >= 11 is 0. The predicted molar refractivity (Wildman–Crippen MR) is 145 cm³/mol. The van der Waals surface area contributed by atoms with Crippen molar-refractivity contribution in [2.75, 3.05) is 12.4 Å². The van der Waals surface area contributed by atoms with Crippen LogP contribution in [-0.4, -0.2) is 52.7 Å². The summed E-state index contributed by atoms with van der Waals surface area (Å²) in [5, 5.41) is 15.5. The number of amides is 3. The van der Waals surface area contributed by atoms with Crippen LogP contribution in [0.5, 0.6) is 11.5 Å². The molecule has 2 atom stereocenters. The molecule has 9 heteroatoms. The second kappa shape index (κ2) is 12.2. The van der Waals surface area contributed by atoms with Gasteiger partial charge in [-0.2, -0.15) is 0 Å². The van der Waals surface area contributed by atoms with Gasteiger partial charge >= 0.3 is 6.09 Å². The van der Waals surface area contributed by atoms with Crippen LogP contribution in [0.1, 0.15) is 65.5 Å². The zero-order valence-electron chi connectivity index (χ0n) is 23.0. The van der Waals surface area contributed by atoms with Gasteiger partial charge in [-0.3, -0.25) is 9.59 Å². The minimum atomic E-state index is -0.979. The van der Waals surface area contributed by atoms with Gasteiger partial charge in [0, 0.05) is 11.7 Å². The second-order valence-electron chi connectivity index (χ2n) is 11.0. The van der Waals surface area contributed by atoms with Crippen molar-refractivity contribution in [3.05, 3.63) is 54.1 Å². The number of phenols is 1. The topological polar surface area (TPSA) is 117 Å². The van der Waals surface area contributed by atoms with E-state index in [0.717, 1.165) is 12.8 Å². The van der Waals surface area contributed by atoms with Crippen LogP contribution in [0.4, 0.5) is 10.5 Å². The molecule has 0 bridgehead atoms. The van der Waals surface area contributed by atoms with Gasteiger partial charge in [-0.1, -0.05) is 26.0 Å². The smallest absolute Gasteiger partial charge is 0.408 e. The molecule has 1 fully saturated rings. The van der Waals surface area contributed by atoms with E-state index in [1.807, 2.05) is 13.8 Å². The first kappa shape index (κ1) is 28.8. The van der Waals surface area contributed by atoms with Gasteiger partial charge < -0.3 is 30.1 Å². The van der Waals surface area contributed by atoms with Gasteiger partial charge in [0.2, 0.25) is 5.91 Å². The minimum Gasteiger partial charge on any atom is -0.508 e. The van der Waals surface area contributed by atoms with Gasteiger partial charge in [0.1, 0.15) is 29.2 Å². The van der Waals surface area contributed by atoms with Crippen LogP contribution >= 0.6 is 0 Å². The van der Waals surface area contributed by atoms with Crippen LogP contribution in [0, 0.1) is 5.92 Å². The summed E-state index contributed by atoms with van der Waals surface area (Å²) in [5.41, 5.74) is 0.376. The fourth-order valence-corrected chi connectivity index (χ4v) is 4.17. The van der Waals surface area contributed by atoms with E-state index in [1.54, 1.807) is 69.2 Å². The molecule has 2 aromatic rings. The molecule has 1 saturated carbocycles. The van der Waals surface area contributed by atoms with Gasteiger partial charge in [0.05, 0.1) is 7.11 Å². The summed E-state index contributed by atoms with van der Waals surface area (Å²) < 4.78 is 10.6. The Kier molecular flexibility index (Phi) is 9.25. The van der Waals surface area contributed by atoms with Crippen molar-refractivity contribution in [1.29, 1.82) is 0 Å². The van der Waals surface area contributed by atoms with E-state index in [1.165, 1.54) is 12.1 Å². The van der Waals surface area contributed by atoms with E-state index in [4.69, 9.17) is 9.47 Å². The number of methoxy groups -OCH3 is 1. The summed E-state index contributed by atoms with van der Waals surface area (Å²) in [6.45, 7) is 9.20. The molecule has 9 nitrogen and oxygen atoms in total. The SMILES string of the molecule is COc1ccc(NC(=O)C(c2ccc(O)cc2)N(C(=O)C(CC(C)C)NC(=O)OC(C)(C)C)C2CC2)cc1. The molecule has 3 amide bonds. The normalized spacial score (nSPS) is 14.8. The standard InChI is InChI=1S/C29H39N3O6/c1-18(2)17-24(31-28(36)38-29(3,4)5)27(35)32(21-11-12-21)25(19-7-13-22(33)14-8-19)26(34)30-20-9-15-23(37-6)16-10-20/h7-10,13-16,18,21,24-25,33H,11-12,17H2,1-6H3,(H,30,34)(H,31,36). The summed E-state index contributed by atoms with van der Waals surface area (Å²) in [4.78, 5) is 42.1. The number of alkyl carbamates (subject to hydrolysis) is 1. The number of hydrogen-bond acceptors (Lipinski definition) is 6. The third-order valence-electron chi connectivity index (χ3n) is 5.98. The van der Waals surface area contributed by atoms with Crippen molar-refractivity contribution in [2.45, 2.75) is 77.6 Å². The molecule has 3 rings (SSSR count). The van der Waals surface area contributed by atoms with E-state index < -0.39 is 29.7 Å². The summed E-state index contributed by atoms with van der Waals surface area (Å²) in [6, 6.07) is 11.1. The number of hydrogen-bond donors (Lipinski definition) is 3. The molecule has 206 valence electrons. The molecule has 2 aromatic carbocycles. The lowest BCUT2D eigenvalue weighted by Gasteiger charge is -2.35. The average Bonchev–Trinajstić information content (AvgIpc) is 3.66. The van der Waals surface area contributed by atoms with E-state index in [0.29, 0.717) is 23.4 Å². The molecule has 0 spiro atoms. The highest BCUT2D eigenvalue weighted by Gasteiger charge is 2.44. The Bertz CT molecular complexity index is 1100. The molecule has 0 saturated heterocycles. The fraction of sp³-hybridized carbons (Fsp3) is 0.483. The quantitative estimate of drug-likeness (QED) is 0.401. The van der Waals surface area contributed by atoms with Crippen LogP contribution < -0.4 is 15.4 Å². The number of benzene rings is 2. The molecule has 0 radical (unpaired) electrons. The highest BCUT2D eigenvalue weighted by atomic mass is 16.6. The van der Waals surface area contributed by atoms with E-state index in [2.05, 4.69) is 10.6 Å². The Hall–Kier alpha value is -3.75. The lowest BCUT2D eigenvalue weighted by Crippen LogP contribution is -2.53. The Balaban J connectivity index is 1.96. The first-order chi connectivity index (χ1) is 17.9. The number of ether oxygens (including phenoxy) is 2. The number of nitrogens with one attached hydrogen (secondary N) is 2. The fourth-order valence-electron chi connectivity index (χ4n) is 4.17. The van der Waals surface area contributed by atoms with Gasteiger partial charge in [0.25, 0.3) is 5.91 Å². The van der Waals surface area contributed by atoms with Crippen molar-refractivity contribution in [3.63, 3.8) is 0 Å². The highest BCUT2D eigenvalue weighted by Crippen LogP contribution is 2.37. The summed E-state index contributed by atoms with van der Waals surface area (Å²) in [7, 11) is 1.56. The number of rotatable bonds is 10. The summed E-state index contributed by atoms with van der Waals surface area (Å²) in [5.74, 6) is 0.0473. The Morgan fingerprint density at radius 2 is 1.63 bits per heavy atom. The highest BCUT2D eigenvalue weighted by molar-refractivity contribution is 5.99. The molecule has 1 aliphatic rings. The zero-order valence-corrected chi connectivity index (χ0v) is 23.0. The van der Waals surface area contributed by atoms with Gasteiger partial charge in [-0.25, -0.2) is 4.79 Å². The molecule has 3 N–H and O–H groups in total. The molecular weight excluding hydrogens is 486 g/mol. The number of carbonyl (C=O) groups excluding carboxylic acids is 3. The molecule has 38 heavy (non-hydrogen) atoms. The van der Waals surface area contributed by atoms with E-state index in [9.17, 15) is 19.5 Å². The molecule has 0 aliphatic heterocycles. The largest absolute Gasteiger partial charge is 0.508 e. The first-order valence-corrected chi connectivity index (χ1v) is 12.9. The van der Waals surface area contributed by atoms with E-state index in [-0.39, 0.29) is 23.6 Å². The number of anilines is 1. The minimum absolute atomic E-state index is 0.0524. The number of nitrogens with zero attached hydrogens (tertiary/aromatic N) is 1. The average molecular weight is 526 g/mol. The Labute approximate surface area is 224 Å². The second-order valence-corrected chi connectivity index (χ2v) is 11.0. The number of aromatic hydroxyl groups is 1. The number of carbonyl (C=O) groups is 3. The molecule has 2 unspecified atom stereocenters. The molecule has 0 heterocycles. The molecular formula is C29H39N3O6. The van der Waals surface area contributed by atoms with Crippen LogP contribution in [0.3, 0.4) is 0 Å². The first-order valence-electron chi connectivity index (χ1n) is 12.9. The number of phenolic OH excluding ortho intramolecular Hbond substituents is 1. The van der Waals surface area contributed by atoms with Crippen LogP contribution in [0.15, 0.2) is 48.5 Å². The van der Waals surface area contributed by atoms with Crippen molar-refractivity contribution in [3.8, 4) is 11.5 Å². The van der Waals surface area contributed by atoms with Gasteiger partial charge in [-0.05, 0) is 87.9 Å². The lowest BCUT2D eigenvalue weighted by atomic mass is 9.99. The summed E-state index contributed by atoms with van der Waals surface area (Å²) in [6.07, 6.45) is 1.19. The zero-order chi connectivity index (χ0) is 28.0. The van der Waals surface area contributed by atoms with Crippen LogP contribution in [-0.2, 0) is 14.3 Å². The van der Waals surface area contributed by atoms with Gasteiger partial charge in [0.15, 0.2) is 0 Å². The third kappa shape index (κ3) is 8.13. The predicted octanol–water partition coefficient (Wildman–Crippen LogP) is 5.01. The van der Waals surface area contributed by atoms with Crippen molar-refractivity contribution in [1.82, 2.24) is 10.2 Å². The van der Waals surface area contributed by atoms with Crippen molar-refractivity contribution >= 4 is 23.6 Å². The Morgan fingerprint density at radius 3 is 2.13 bits per heavy atom. The molecule has 0 aromatic heterocycles. The van der Waals surface area contributed by atoms with Crippen LogP contribution in [0.2, 0.25) is 0 Å². The van der Waals surface area contributed by atoms with E-state index >= 15 is 0 Å². The monoisotopic (exact) mass is 525 g/mol.